The average Bonchev–Trinajstić information content (AvgIpc) is 2.83. The van der Waals surface area contributed by atoms with Crippen LogP contribution in [0.3, 0.4) is 0 Å². The molecule has 0 amide bonds. The number of alkyl halides is 3. The van der Waals surface area contributed by atoms with E-state index in [2.05, 4.69) is 10.1 Å². The van der Waals surface area contributed by atoms with Crippen LogP contribution in [0.1, 0.15) is 5.69 Å². The predicted octanol–water partition coefficient (Wildman–Crippen LogP) is 2.84. The summed E-state index contributed by atoms with van der Waals surface area (Å²) in [7, 11) is 0. The van der Waals surface area contributed by atoms with Gasteiger partial charge in [-0.1, -0.05) is 41.7 Å². The maximum Gasteiger partial charge on any atom is 0.433 e. The Morgan fingerprint density at radius 3 is 2.50 bits per heavy atom. The molecule has 0 radical (unpaired) electrons. The molecule has 1 aromatic carbocycles. The lowest BCUT2D eigenvalue weighted by Gasteiger charge is -2.03. The summed E-state index contributed by atoms with van der Waals surface area (Å²) in [5.41, 5.74) is -1.33. The summed E-state index contributed by atoms with van der Waals surface area (Å²) in [4.78, 5) is 15.0. The van der Waals surface area contributed by atoms with Gasteiger partial charge in [-0.25, -0.2) is 4.98 Å². The van der Waals surface area contributed by atoms with Crippen molar-refractivity contribution in [3.63, 3.8) is 0 Å². The number of fused-ring (bicyclic) bond motifs is 1. The predicted molar refractivity (Wildman–Crippen MR) is 67.6 cm³/mol. The first-order valence-electron chi connectivity index (χ1n) is 5.49. The number of nitrogens with zero attached hydrogens (tertiary/aromatic N) is 3. The van der Waals surface area contributed by atoms with Crippen molar-refractivity contribution in [2.75, 3.05) is 0 Å². The molecule has 0 saturated carbocycles. The molecule has 0 aliphatic heterocycles. The van der Waals surface area contributed by atoms with E-state index in [1.54, 1.807) is 24.3 Å². The molecule has 2 aromatic heterocycles. The number of halogens is 3. The highest BCUT2D eigenvalue weighted by Gasteiger charge is 2.33. The van der Waals surface area contributed by atoms with Gasteiger partial charge in [-0.05, 0) is 0 Å². The Labute approximate surface area is 114 Å². The molecule has 0 atom stereocenters. The summed E-state index contributed by atoms with van der Waals surface area (Å²) in [6.45, 7) is 0. The van der Waals surface area contributed by atoms with Gasteiger partial charge in [0.1, 0.15) is 5.01 Å². The molecule has 0 N–H and O–H groups in total. The maximum absolute atomic E-state index is 12.6. The van der Waals surface area contributed by atoms with Crippen molar-refractivity contribution >= 4 is 16.3 Å². The number of benzene rings is 1. The molecule has 2 heterocycles. The first-order chi connectivity index (χ1) is 9.45. The molecule has 0 aliphatic rings. The molecule has 0 unspecified atom stereocenters. The minimum absolute atomic E-state index is 0.0799. The SMILES string of the molecule is O=c1cc(C(F)(F)F)nc2sc(-c3ccccc3)nn12. The highest BCUT2D eigenvalue weighted by Crippen LogP contribution is 2.29. The van der Waals surface area contributed by atoms with Crippen molar-refractivity contribution in [2.45, 2.75) is 6.18 Å². The third-order valence-corrected chi connectivity index (χ3v) is 3.51. The topological polar surface area (TPSA) is 47.3 Å². The minimum Gasteiger partial charge on any atom is -0.267 e. The fourth-order valence-corrected chi connectivity index (χ4v) is 2.56. The van der Waals surface area contributed by atoms with E-state index in [-0.39, 0.29) is 4.96 Å². The van der Waals surface area contributed by atoms with E-state index in [0.717, 1.165) is 21.4 Å². The third kappa shape index (κ3) is 2.18. The van der Waals surface area contributed by atoms with Crippen LogP contribution in [0.15, 0.2) is 41.2 Å². The quantitative estimate of drug-likeness (QED) is 0.694. The summed E-state index contributed by atoms with van der Waals surface area (Å²) >= 11 is 0.936. The van der Waals surface area contributed by atoms with Crippen LogP contribution in [0, 0.1) is 0 Å². The Kier molecular flexibility index (Phi) is 2.82. The summed E-state index contributed by atoms with van der Waals surface area (Å²) in [6, 6.07) is 9.32. The zero-order chi connectivity index (χ0) is 14.3. The average molecular weight is 297 g/mol. The number of hydrogen-bond acceptors (Lipinski definition) is 4. The molecule has 0 aliphatic carbocycles. The zero-order valence-electron chi connectivity index (χ0n) is 9.76. The van der Waals surface area contributed by atoms with E-state index in [0.29, 0.717) is 11.1 Å². The second-order valence-electron chi connectivity index (χ2n) is 3.94. The monoisotopic (exact) mass is 297 g/mol. The van der Waals surface area contributed by atoms with E-state index < -0.39 is 17.4 Å². The van der Waals surface area contributed by atoms with Crippen LogP contribution in [-0.4, -0.2) is 14.6 Å². The van der Waals surface area contributed by atoms with E-state index in [4.69, 9.17) is 0 Å². The van der Waals surface area contributed by atoms with Gasteiger partial charge in [0.15, 0.2) is 5.69 Å². The van der Waals surface area contributed by atoms with Gasteiger partial charge >= 0.3 is 6.18 Å². The summed E-state index contributed by atoms with van der Waals surface area (Å²) in [6.07, 6.45) is -4.65. The van der Waals surface area contributed by atoms with Crippen LogP contribution < -0.4 is 5.56 Å². The first-order valence-corrected chi connectivity index (χ1v) is 6.30. The Balaban J connectivity index is 2.22. The number of aromatic nitrogens is 3. The molecule has 0 spiro atoms. The van der Waals surface area contributed by atoms with E-state index in [1.807, 2.05) is 6.07 Å². The van der Waals surface area contributed by atoms with Crippen LogP contribution in [0.2, 0.25) is 0 Å². The molecule has 0 saturated heterocycles. The van der Waals surface area contributed by atoms with Crippen molar-refractivity contribution in [1.82, 2.24) is 14.6 Å². The second-order valence-corrected chi connectivity index (χ2v) is 4.90. The summed E-state index contributed by atoms with van der Waals surface area (Å²) in [5, 5.41) is 4.44. The Bertz CT molecular complexity index is 823. The molecule has 0 fully saturated rings. The van der Waals surface area contributed by atoms with Crippen LogP contribution in [0.25, 0.3) is 15.5 Å². The van der Waals surface area contributed by atoms with Crippen LogP contribution in [0.5, 0.6) is 0 Å². The van der Waals surface area contributed by atoms with Crippen molar-refractivity contribution in [3.8, 4) is 10.6 Å². The van der Waals surface area contributed by atoms with Gasteiger partial charge in [-0.15, -0.1) is 0 Å². The fraction of sp³-hybridized carbons (Fsp3) is 0.0833. The molecule has 0 bridgehead atoms. The molecule has 3 aromatic rings. The largest absolute Gasteiger partial charge is 0.433 e. The molecule has 102 valence electrons. The highest BCUT2D eigenvalue weighted by molar-refractivity contribution is 7.19. The smallest absolute Gasteiger partial charge is 0.267 e. The summed E-state index contributed by atoms with van der Waals surface area (Å²) in [5.74, 6) is 0. The van der Waals surface area contributed by atoms with Gasteiger partial charge in [-0.2, -0.15) is 22.8 Å². The zero-order valence-corrected chi connectivity index (χ0v) is 10.6. The van der Waals surface area contributed by atoms with Gasteiger partial charge in [0, 0.05) is 11.6 Å². The molecular formula is C12H6F3N3OS. The minimum atomic E-state index is -4.65. The van der Waals surface area contributed by atoms with E-state index >= 15 is 0 Å². The standard InChI is InChI=1S/C12H6F3N3OS/c13-12(14,15)8-6-9(19)18-11(16-8)20-10(17-18)7-4-2-1-3-5-7/h1-6H. The molecular weight excluding hydrogens is 291 g/mol. The van der Waals surface area contributed by atoms with E-state index in [9.17, 15) is 18.0 Å². The lowest BCUT2D eigenvalue weighted by Crippen LogP contribution is -2.19. The lowest BCUT2D eigenvalue weighted by atomic mass is 10.2. The Morgan fingerprint density at radius 1 is 1.15 bits per heavy atom. The second kappa shape index (κ2) is 4.41. The van der Waals surface area contributed by atoms with E-state index in [1.165, 1.54) is 0 Å². The van der Waals surface area contributed by atoms with Crippen molar-refractivity contribution in [2.24, 2.45) is 0 Å². The van der Waals surface area contributed by atoms with Crippen LogP contribution in [0.4, 0.5) is 13.2 Å². The molecule has 20 heavy (non-hydrogen) atoms. The van der Waals surface area contributed by atoms with Gasteiger partial charge in [0.25, 0.3) is 5.56 Å². The van der Waals surface area contributed by atoms with Gasteiger partial charge in [-0.3, -0.25) is 4.79 Å². The molecule has 8 heteroatoms. The Hall–Kier alpha value is -2.22. The van der Waals surface area contributed by atoms with Crippen LogP contribution >= 0.6 is 11.3 Å². The lowest BCUT2D eigenvalue weighted by molar-refractivity contribution is -0.141. The highest BCUT2D eigenvalue weighted by atomic mass is 32.1. The number of rotatable bonds is 1. The Morgan fingerprint density at radius 2 is 1.85 bits per heavy atom. The van der Waals surface area contributed by atoms with Crippen molar-refractivity contribution in [1.29, 1.82) is 0 Å². The summed E-state index contributed by atoms with van der Waals surface area (Å²) < 4.78 is 38.7. The molecule has 3 rings (SSSR count). The maximum atomic E-state index is 12.6. The normalized spacial score (nSPS) is 11.9. The fourth-order valence-electron chi connectivity index (χ4n) is 1.65. The first kappa shape index (κ1) is 12.8. The van der Waals surface area contributed by atoms with Gasteiger partial charge in [0.05, 0.1) is 0 Å². The van der Waals surface area contributed by atoms with Crippen molar-refractivity contribution in [3.05, 3.63) is 52.4 Å². The number of hydrogen-bond donors (Lipinski definition) is 0. The third-order valence-electron chi connectivity index (χ3n) is 2.56. The van der Waals surface area contributed by atoms with Gasteiger partial charge < -0.3 is 0 Å². The van der Waals surface area contributed by atoms with Crippen molar-refractivity contribution < 1.29 is 13.2 Å². The van der Waals surface area contributed by atoms with Gasteiger partial charge in [0.2, 0.25) is 4.96 Å². The molecule has 4 nitrogen and oxygen atoms in total. The van der Waals surface area contributed by atoms with Crippen LogP contribution in [-0.2, 0) is 6.18 Å².